The van der Waals surface area contributed by atoms with Gasteiger partial charge in [0.25, 0.3) is 17.4 Å². The van der Waals surface area contributed by atoms with E-state index in [1.807, 2.05) is 6.92 Å². The van der Waals surface area contributed by atoms with Crippen LogP contribution in [-0.2, 0) is 9.59 Å². The van der Waals surface area contributed by atoms with Crippen LogP contribution in [0.4, 0.5) is 11.4 Å². The molecule has 0 radical (unpaired) electrons. The van der Waals surface area contributed by atoms with Gasteiger partial charge in [0.05, 0.1) is 29.8 Å². The van der Waals surface area contributed by atoms with Gasteiger partial charge in [-0.05, 0) is 61.5 Å². The summed E-state index contributed by atoms with van der Waals surface area (Å²) < 4.78 is 10.6. The molecule has 0 aliphatic carbocycles. The third-order valence-corrected chi connectivity index (χ3v) is 5.66. The highest BCUT2D eigenvalue weighted by Gasteiger charge is 2.48. The van der Waals surface area contributed by atoms with E-state index in [-0.39, 0.29) is 22.4 Å². The second kappa shape index (κ2) is 9.68. The van der Waals surface area contributed by atoms with Crippen LogP contribution in [0.15, 0.2) is 78.4 Å². The second-order valence-electron chi connectivity index (χ2n) is 7.64. The fourth-order valence-corrected chi connectivity index (χ4v) is 4.05. The summed E-state index contributed by atoms with van der Waals surface area (Å²) in [7, 11) is 1.49. The van der Waals surface area contributed by atoms with Crippen molar-refractivity contribution in [1.29, 1.82) is 0 Å². The van der Waals surface area contributed by atoms with Crippen LogP contribution in [0.25, 0.3) is 5.76 Å². The normalized spacial score (nSPS) is 16.9. The van der Waals surface area contributed by atoms with Crippen molar-refractivity contribution < 1.29 is 29.1 Å². The lowest BCUT2D eigenvalue weighted by Crippen LogP contribution is -2.29. The molecule has 1 heterocycles. The van der Waals surface area contributed by atoms with Crippen molar-refractivity contribution >= 4 is 28.8 Å². The molecule has 0 bridgehead atoms. The zero-order valence-corrected chi connectivity index (χ0v) is 19.0. The Bertz CT molecular complexity index is 1310. The summed E-state index contributed by atoms with van der Waals surface area (Å²) >= 11 is 0. The van der Waals surface area contributed by atoms with Crippen LogP contribution in [0.2, 0.25) is 0 Å². The molecule has 9 heteroatoms. The van der Waals surface area contributed by atoms with Crippen molar-refractivity contribution in [2.24, 2.45) is 0 Å². The third-order valence-electron chi connectivity index (χ3n) is 5.66. The number of hydrogen-bond donors (Lipinski definition) is 1. The molecular formula is C26H22N2O7. The molecule has 1 saturated heterocycles. The maximum absolute atomic E-state index is 13.2. The van der Waals surface area contributed by atoms with Crippen molar-refractivity contribution in [3.8, 4) is 11.5 Å². The number of methoxy groups -OCH3 is 1. The second-order valence-corrected chi connectivity index (χ2v) is 7.64. The van der Waals surface area contributed by atoms with Crippen molar-refractivity contribution in [3.05, 3.63) is 99.6 Å². The minimum Gasteiger partial charge on any atom is -0.507 e. The van der Waals surface area contributed by atoms with Crippen molar-refractivity contribution in [1.82, 2.24) is 0 Å². The number of ether oxygens (including phenoxy) is 2. The number of carbonyl (C=O) groups excluding carboxylic acids is 2. The number of rotatable bonds is 7. The molecule has 9 nitrogen and oxygen atoms in total. The van der Waals surface area contributed by atoms with Crippen LogP contribution >= 0.6 is 0 Å². The highest BCUT2D eigenvalue weighted by atomic mass is 16.6. The van der Waals surface area contributed by atoms with Gasteiger partial charge in [-0.1, -0.05) is 12.1 Å². The highest BCUT2D eigenvalue weighted by molar-refractivity contribution is 6.51. The monoisotopic (exact) mass is 474 g/mol. The summed E-state index contributed by atoms with van der Waals surface area (Å²) in [6, 6.07) is 17.3. The fourth-order valence-electron chi connectivity index (χ4n) is 4.05. The Hall–Kier alpha value is -4.66. The van der Waals surface area contributed by atoms with E-state index in [0.29, 0.717) is 23.8 Å². The maximum Gasteiger partial charge on any atom is 0.300 e. The summed E-state index contributed by atoms with van der Waals surface area (Å²) in [5, 5.41) is 23.0. The molecule has 1 N–H and O–H groups in total. The number of Topliss-reactive ketones (excluding diaryl/α,β-unsaturated/α-hetero) is 1. The van der Waals surface area contributed by atoms with Crippen LogP contribution in [0.1, 0.15) is 24.1 Å². The van der Waals surface area contributed by atoms with Gasteiger partial charge in [0.15, 0.2) is 0 Å². The third kappa shape index (κ3) is 4.31. The number of aliphatic hydroxyl groups is 1. The topological polar surface area (TPSA) is 119 Å². The fraction of sp³-hybridized carbons (Fsp3) is 0.154. The summed E-state index contributed by atoms with van der Waals surface area (Å²) in [5.41, 5.74) is 0.159. The Morgan fingerprint density at radius 1 is 1.00 bits per heavy atom. The molecular weight excluding hydrogens is 452 g/mol. The average molecular weight is 474 g/mol. The van der Waals surface area contributed by atoms with Gasteiger partial charge in [0.2, 0.25) is 0 Å². The van der Waals surface area contributed by atoms with E-state index in [9.17, 15) is 24.8 Å². The summed E-state index contributed by atoms with van der Waals surface area (Å²) in [6.45, 7) is 2.29. The SMILES string of the molecule is CCOc1ccc(/C(O)=C2\C(=O)C(=O)N(c3ccc(OC)cc3)C2c2ccccc2[N+](=O)[O-])cc1. The minimum absolute atomic E-state index is 0.0972. The molecule has 3 aromatic carbocycles. The van der Waals surface area contributed by atoms with E-state index in [0.717, 1.165) is 4.90 Å². The first-order chi connectivity index (χ1) is 16.9. The van der Waals surface area contributed by atoms with Gasteiger partial charge in [-0.25, -0.2) is 0 Å². The standard InChI is InChI=1S/C26H22N2O7/c1-3-35-19-12-8-16(9-13-19)24(29)22-23(20-6-4-5-7-21(20)28(32)33)27(26(31)25(22)30)17-10-14-18(34-2)15-11-17/h4-15,23,29H,3H2,1-2H3/b24-22+. The average Bonchev–Trinajstić information content (AvgIpc) is 3.14. The Balaban J connectivity index is 1.93. The number of ketones is 1. The lowest BCUT2D eigenvalue weighted by molar-refractivity contribution is -0.385. The largest absolute Gasteiger partial charge is 0.507 e. The van der Waals surface area contributed by atoms with E-state index in [1.165, 1.54) is 25.3 Å². The number of nitro benzene ring substituents is 1. The van der Waals surface area contributed by atoms with Gasteiger partial charge in [-0.3, -0.25) is 24.6 Å². The lowest BCUT2D eigenvalue weighted by atomic mass is 9.94. The Morgan fingerprint density at radius 3 is 2.23 bits per heavy atom. The molecule has 0 saturated carbocycles. The molecule has 1 aliphatic heterocycles. The lowest BCUT2D eigenvalue weighted by Gasteiger charge is -2.25. The number of anilines is 1. The summed E-state index contributed by atoms with van der Waals surface area (Å²) in [5.74, 6) is -1.20. The van der Waals surface area contributed by atoms with Gasteiger partial charge in [0, 0.05) is 17.3 Å². The first-order valence-electron chi connectivity index (χ1n) is 10.8. The number of para-hydroxylation sites is 1. The zero-order chi connectivity index (χ0) is 25.1. The molecule has 1 aliphatic rings. The predicted molar refractivity (Wildman–Crippen MR) is 128 cm³/mol. The minimum atomic E-state index is -1.23. The molecule has 0 spiro atoms. The number of nitrogens with zero attached hydrogens (tertiary/aromatic N) is 2. The number of hydrogen-bond acceptors (Lipinski definition) is 7. The van der Waals surface area contributed by atoms with Crippen LogP contribution < -0.4 is 14.4 Å². The molecule has 35 heavy (non-hydrogen) atoms. The van der Waals surface area contributed by atoms with Gasteiger partial charge >= 0.3 is 0 Å². The number of nitro groups is 1. The molecule has 1 amide bonds. The van der Waals surface area contributed by atoms with E-state index in [1.54, 1.807) is 54.6 Å². The van der Waals surface area contributed by atoms with E-state index >= 15 is 0 Å². The van der Waals surface area contributed by atoms with Gasteiger partial charge in [-0.15, -0.1) is 0 Å². The summed E-state index contributed by atoms with van der Waals surface area (Å²) in [6.07, 6.45) is 0. The molecule has 3 aromatic rings. The summed E-state index contributed by atoms with van der Waals surface area (Å²) in [4.78, 5) is 38.8. The van der Waals surface area contributed by atoms with Crippen molar-refractivity contribution in [2.45, 2.75) is 13.0 Å². The first-order valence-corrected chi connectivity index (χ1v) is 10.8. The molecule has 0 aromatic heterocycles. The van der Waals surface area contributed by atoms with Gasteiger partial charge in [0.1, 0.15) is 23.3 Å². The van der Waals surface area contributed by atoms with Crippen molar-refractivity contribution in [2.75, 3.05) is 18.6 Å². The number of benzene rings is 3. The zero-order valence-electron chi connectivity index (χ0n) is 19.0. The maximum atomic E-state index is 13.2. The number of carbonyl (C=O) groups is 2. The van der Waals surface area contributed by atoms with E-state index in [4.69, 9.17) is 9.47 Å². The Morgan fingerprint density at radius 2 is 1.63 bits per heavy atom. The van der Waals surface area contributed by atoms with Crippen LogP contribution in [0.3, 0.4) is 0 Å². The highest BCUT2D eigenvalue weighted by Crippen LogP contribution is 2.45. The van der Waals surface area contributed by atoms with E-state index < -0.39 is 28.4 Å². The predicted octanol–water partition coefficient (Wildman–Crippen LogP) is 4.63. The molecule has 4 rings (SSSR count). The van der Waals surface area contributed by atoms with Crippen molar-refractivity contribution in [3.63, 3.8) is 0 Å². The smallest absolute Gasteiger partial charge is 0.300 e. The number of amides is 1. The first kappa shape index (κ1) is 23.5. The molecule has 178 valence electrons. The Labute approximate surface area is 201 Å². The van der Waals surface area contributed by atoms with Gasteiger partial charge < -0.3 is 14.6 Å². The Kier molecular flexibility index (Phi) is 6.50. The number of aliphatic hydroxyl groups excluding tert-OH is 1. The van der Waals surface area contributed by atoms with Crippen LogP contribution in [0.5, 0.6) is 11.5 Å². The molecule has 1 atom stereocenters. The molecule has 1 fully saturated rings. The molecule has 1 unspecified atom stereocenters. The quantitative estimate of drug-likeness (QED) is 0.174. The van der Waals surface area contributed by atoms with E-state index in [2.05, 4.69) is 0 Å². The van der Waals surface area contributed by atoms with Gasteiger partial charge in [-0.2, -0.15) is 0 Å². The van der Waals surface area contributed by atoms with Crippen LogP contribution in [0, 0.1) is 10.1 Å². The van der Waals surface area contributed by atoms with Crippen LogP contribution in [-0.4, -0.2) is 35.4 Å².